The molecule has 0 heterocycles. The van der Waals surface area contributed by atoms with Crippen molar-refractivity contribution in [2.45, 2.75) is 69.3 Å². The summed E-state index contributed by atoms with van der Waals surface area (Å²) < 4.78 is 1.74. The van der Waals surface area contributed by atoms with E-state index in [9.17, 15) is 0 Å². The Morgan fingerprint density at radius 3 is 2.00 bits per heavy atom. The van der Waals surface area contributed by atoms with E-state index in [1.807, 2.05) is 0 Å². The SMILES string of the molecule is [CH3][Ti]([CH3])[c]1c(C(C)(C)C)ccc2c1Cc1ccc(C(C)(C)C)cc1-2. The van der Waals surface area contributed by atoms with Crippen LogP contribution in [0.15, 0.2) is 30.3 Å². The van der Waals surface area contributed by atoms with E-state index in [2.05, 4.69) is 82.3 Å². The summed E-state index contributed by atoms with van der Waals surface area (Å²) in [5.41, 5.74) is 9.63. The third-order valence-corrected chi connectivity index (χ3v) is 7.71. The first kappa shape index (κ1) is 18.0. The Morgan fingerprint density at radius 2 is 1.46 bits per heavy atom. The summed E-state index contributed by atoms with van der Waals surface area (Å²) >= 11 is -1.18. The van der Waals surface area contributed by atoms with Crippen LogP contribution in [0.5, 0.6) is 0 Å². The molecule has 0 atom stereocenters. The summed E-state index contributed by atoms with van der Waals surface area (Å²) in [5.74, 6) is 0. The molecule has 1 aliphatic rings. The number of fused-ring (bicyclic) bond motifs is 3. The maximum atomic E-state index is 2.51. The average molecular weight is 355 g/mol. The van der Waals surface area contributed by atoms with Gasteiger partial charge in [-0.25, -0.2) is 0 Å². The van der Waals surface area contributed by atoms with Gasteiger partial charge in [-0.3, -0.25) is 0 Å². The van der Waals surface area contributed by atoms with Gasteiger partial charge in [0.15, 0.2) is 0 Å². The van der Waals surface area contributed by atoms with Gasteiger partial charge in [0.25, 0.3) is 0 Å². The molecule has 2 aromatic rings. The van der Waals surface area contributed by atoms with Gasteiger partial charge in [0, 0.05) is 0 Å². The zero-order chi connectivity index (χ0) is 17.9. The molecule has 1 heteroatoms. The van der Waals surface area contributed by atoms with Gasteiger partial charge >= 0.3 is 155 Å². The Labute approximate surface area is 154 Å². The van der Waals surface area contributed by atoms with Gasteiger partial charge in [-0.1, -0.05) is 0 Å². The van der Waals surface area contributed by atoms with Crippen LogP contribution in [-0.4, -0.2) is 0 Å². The fraction of sp³-hybridized carbons (Fsp3) is 0.478. The van der Waals surface area contributed by atoms with Crippen LogP contribution in [0.1, 0.15) is 63.8 Å². The molecule has 0 N–H and O–H groups in total. The van der Waals surface area contributed by atoms with Crippen molar-refractivity contribution in [3.63, 3.8) is 0 Å². The van der Waals surface area contributed by atoms with Gasteiger partial charge in [-0.15, -0.1) is 0 Å². The molecule has 0 radical (unpaired) electrons. The summed E-state index contributed by atoms with van der Waals surface area (Å²) in [7, 11) is 0. The number of hydrogen-bond acceptors (Lipinski definition) is 0. The molecule has 0 saturated heterocycles. The standard InChI is InChI=1S/C21H25.2CH3.Ti/c1-20(2,3)16-9-10-18-15(12-16)11-14-7-8-17(13-19(14)18)21(4,5)6;;;/h7-10,13H,11H2,1-6H3;2*1H3;. The van der Waals surface area contributed by atoms with E-state index >= 15 is 0 Å². The Morgan fingerprint density at radius 1 is 0.792 bits per heavy atom. The normalized spacial score (nSPS) is 13.7. The third kappa shape index (κ3) is 3.04. The molecule has 0 bridgehead atoms. The average Bonchev–Trinajstić information content (AvgIpc) is 2.81. The Hall–Kier alpha value is -0.846. The second-order valence-corrected chi connectivity index (χ2v) is 13.5. The van der Waals surface area contributed by atoms with E-state index in [1.165, 1.54) is 22.3 Å². The van der Waals surface area contributed by atoms with Gasteiger partial charge in [0.2, 0.25) is 0 Å². The van der Waals surface area contributed by atoms with Gasteiger partial charge < -0.3 is 0 Å². The minimum atomic E-state index is -1.18. The van der Waals surface area contributed by atoms with Crippen LogP contribution in [0, 0.1) is 0 Å². The van der Waals surface area contributed by atoms with Crippen LogP contribution in [0.2, 0.25) is 10.5 Å². The minimum absolute atomic E-state index is 0.209. The molecule has 0 saturated carbocycles. The van der Waals surface area contributed by atoms with E-state index in [1.54, 1.807) is 15.0 Å². The Kier molecular flexibility index (Phi) is 4.38. The Balaban J connectivity index is 2.23. The monoisotopic (exact) mass is 355 g/mol. The van der Waals surface area contributed by atoms with Crippen molar-refractivity contribution in [3.8, 4) is 11.1 Å². The second kappa shape index (κ2) is 5.85. The van der Waals surface area contributed by atoms with Gasteiger partial charge in [-0.2, -0.15) is 0 Å². The molecule has 0 aromatic heterocycles. The molecule has 0 aliphatic heterocycles. The fourth-order valence-electron chi connectivity index (χ4n) is 3.92. The summed E-state index contributed by atoms with van der Waals surface area (Å²) in [5, 5.41) is 5.02. The topological polar surface area (TPSA) is 0 Å². The van der Waals surface area contributed by atoms with Crippen molar-refractivity contribution in [1.82, 2.24) is 0 Å². The number of rotatable bonds is 1. The van der Waals surface area contributed by atoms with Crippen molar-refractivity contribution in [2.24, 2.45) is 0 Å². The van der Waals surface area contributed by atoms with Crippen molar-refractivity contribution in [2.75, 3.05) is 0 Å². The number of hydrogen-bond donors (Lipinski definition) is 0. The molecule has 0 fully saturated rings. The van der Waals surface area contributed by atoms with Crippen LogP contribution in [-0.2, 0) is 35.1 Å². The molecule has 2 aromatic carbocycles. The fourth-order valence-corrected chi connectivity index (χ4v) is 6.77. The quantitative estimate of drug-likeness (QED) is 0.456. The molecular weight excluding hydrogens is 324 g/mol. The maximum absolute atomic E-state index is 2.51. The van der Waals surface area contributed by atoms with E-state index in [-0.39, 0.29) is 10.8 Å². The van der Waals surface area contributed by atoms with Crippen LogP contribution < -0.4 is 3.87 Å². The summed E-state index contributed by atoms with van der Waals surface area (Å²) in [6.45, 7) is 14.0. The first-order chi connectivity index (χ1) is 11.0. The van der Waals surface area contributed by atoms with Crippen LogP contribution in [0.3, 0.4) is 0 Å². The van der Waals surface area contributed by atoms with Crippen LogP contribution >= 0.6 is 0 Å². The molecule has 0 spiro atoms. The first-order valence-corrected chi connectivity index (χ1v) is 13.0. The molecule has 24 heavy (non-hydrogen) atoms. The van der Waals surface area contributed by atoms with Crippen LogP contribution in [0.4, 0.5) is 0 Å². The first-order valence-electron chi connectivity index (χ1n) is 9.11. The van der Waals surface area contributed by atoms with E-state index in [4.69, 9.17) is 0 Å². The van der Waals surface area contributed by atoms with Crippen molar-refractivity contribution in [3.05, 3.63) is 52.6 Å². The zero-order valence-electron chi connectivity index (χ0n) is 16.6. The van der Waals surface area contributed by atoms with Crippen molar-refractivity contribution < 1.29 is 17.9 Å². The van der Waals surface area contributed by atoms with Crippen molar-refractivity contribution >= 4 is 3.87 Å². The van der Waals surface area contributed by atoms with Gasteiger partial charge in [0.1, 0.15) is 0 Å². The molecule has 0 unspecified atom stereocenters. The molecule has 0 amide bonds. The zero-order valence-corrected chi connectivity index (χ0v) is 18.2. The molecule has 1 aliphatic carbocycles. The second-order valence-electron chi connectivity index (χ2n) is 9.56. The summed E-state index contributed by atoms with van der Waals surface area (Å²) in [6, 6.07) is 12.0. The number of benzene rings is 2. The third-order valence-electron chi connectivity index (χ3n) is 5.25. The van der Waals surface area contributed by atoms with Crippen molar-refractivity contribution in [1.29, 1.82) is 0 Å². The molecule has 127 valence electrons. The van der Waals surface area contributed by atoms with Crippen LogP contribution in [0.25, 0.3) is 11.1 Å². The Bertz CT molecular complexity index is 783. The predicted molar refractivity (Wildman–Crippen MR) is 103 cm³/mol. The van der Waals surface area contributed by atoms with Gasteiger partial charge in [0.05, 0.1) is 0 Å². The molecular formula is C23H31Ti. The predicted octanol–water partition coefficient (Wildman–Crippen LogP) is 6.19. The van der Waals surface area contributed by atoms with Gasteiger partial charge in [-0.05, 0) is 0 Å². The summed E-state index contributed by atoms with van der Waals surface area (Å²) in [4.78, 5) is 0. The molecule has 3 rings (SSSR count). The van der Waals surface area contributed by atoms with E-state index < -0.39 is 17.9 Å². The van der Waals surface area contributed by atoms with E-state index in [0.717, 1.165) is 6.42 Å². The van der Waals surface area contributed by atoms with E-state index in [0.29, 0.717) is 0 Å². The molecule has 0 nitrogen and oxygen atoms in total. The summed E-state index contributed by atoms with van der Waals surface area (Å²) in [6.07, 6.45) is 1.13.